The van der Waals surface area contributed by atoms with Gasteiger partial charge in [-0.05, 0) is 24.3 Å². The lowest BCUT2D eigenvalue weighted by atomic mass is 10.0. The number of ketones is 1. The zero-order valence-electron chi connectivity index (χ0n) is 8.88. The van der Waals surface area contributed by atoms with Crippen molar-refractivity contribution in [1.82, 2.24) is 0 Å². The summed E-state index contributed by atoms with van der Waals surface area (Å²) in [4.78, 5) is 11.7. The van der Waals surface area contributed by atoms with Gasteiger partial charge in [0.15, 0.2) is 0 Å². The van der Waals surface area contributed by atoms with Crippen molar-refractivity contribution in [3.05, 3.63) is 45.8 Å². The van der Waals surface area contributed by atoms with E-state index in [0.717, 1.165) is 0 Å². The van der Waals surface area contributed by atoms with Gasteiger partial charge in [-0.15, -0.1) is 0 Å². The SMILES string of the molecule is CC1=[N+]([O-])[N+]([O-])=C(c2ccc(C#N)cc2)C1=O. The van der Waals surface area contributed by atoms with Crippen molar-refractivity contribution in [2.24, 2.45) is 0 Å². The second-order valence-electron chi connectivity index (χ2n) is 3.50. The van der Waals surface area contributed by atoms with Crippen molar-refractivity contribution in [3.8, 4) is 6.07 Å². The Labute approximate surface area is 96.5 Å². The van der Waals surface area contributed by atoms with Crippen molar-refractivity contribution in [2.75, 3.05) is 0 Å². The van der Waals surface area contributed by atoms with Gasteiger partial charge in [-0.1, -0.05) is 0 Å². The zero-order valence-corrected chi connectivity index (χ0v) is 8.88. The van der Waals surface area contributed by atoms with Gasteiger partial charge in [-0.25, -0.2) is 0 Å². The first-order valence-corrected chi connectivity index (χ1v) is 4.76. The predicted molar refractivity (Wildman–Crippen MR) is 58.2 cm³/mol. The molecule has 1 aliphatic heterocycles. The van der Waals surface area contributed by atoms with Gasteiger partial charge in [0.05, 0.1) is 26.9 Å². The maximum atomic E-state index is 11.7. The molecule has 6 nitrogen and oxygen atoms in total. The lowest BCUT2D eigenvalue weighted by Gasteiger charge is -1.97. The molecule has 0 bridgehead atoms. The highest BCUT2D eigenvalue weighted by molar-refractivity contribution is 6.67. The van der Waals surface area contributed by atoms with E-state index in [9.17, 15) is 15.2 Å². The van der Waals surface area contributed by atoms with Crippen LogP contribution in [0, 0.1) is 21.7 Å². The van der Waals surface area contributed by atoms with E-state index in [-0.39, 0.29) is 21.1 Å². The van der Waals surface area contributed by atoms with Gasteiger partial charge < -0.3 is 10.4 Å². The lowest BCUT2D eigenvalue weighted by Crippen LogP contribution is -2.21. The molecule has 0 radical (unpaired) electrons. The van der Waals surface area contributed by atoms with Crippen LogP contribution in [0.2, 0.25) is 0 Å². The molecule has 2 rings (SSSR count). The number of hydrogen-bond acceptors (Lipinski definition) is 4. The number of hydrogen-bond donors (Lipinski definition) is 0. The molecule has 0 aliphatic carbocycles. The maximum Gasteiger partial charge on any atom is 0.348 e. The Morgan fingerprint density at radius 3 is 2.18 bits per heavy atom. The third-order valence-electron chi connectivity index (χ3n) is 2.47. The first kappa shape index (κ1) is 10.8. The van der Waals surface area contributed by atoms with Crippen molar-refractivity contribution < 1.29 is 14.5 Å². The highest BCUT2D eigenvalue weighted by Gasteiger charge is 2.41. The van der Waals surface area contributed by atoms with Crippen LogP contribution in [0.1, 0.15) is 18.1 Å². The predicted octanol–water partition coefficient (Wildman–Crippen LogP) is 0.327. The minimum absolute atomic E-state index is 0.00979. The number of hydrazone groups is 2. The molecule has 84 valence electrons. The summed E-state index contributed by atoms with van der Waals surface area (Å²) >= 11 is 0. The summed E-state index contributed by atoms with van der Waals surface area (Å²) in [7, 11) is 0. The molecule has 0 spiro atoms. The molecule has 17 heavy (non-hydrogen) atoms. The minimum Gasteiger partial charge on any atom is -0.561 e. The molecule has 0 atom stereocenters. The van der Waals surface area contributed by atoms with Gasteiger partial charge in [-0.2, -0.15) is 5.26 Å². The van der Waals surface area contributed by atoms with E-state index in [1.165, 1.54) is 31.2 Å². The van der Waals surface area contributed by atoms with E-state index in [4.69, 9.17) is 5.26 Å². The number of nitrogens with zero attached hydrogens (tertiary/aromatic N) is 3. The van der Waals surface area contributed by atoms with Crippen LogP contribution in [0.15, 0.2) is 24.3 Å². The third kappa shape index (κ3) is 1.54. The van der Waals surface area contributed by atoms with Crippen LogP contribution >= 0.6 is 0 Å². The number of rotatable bonds is 1. The van der Waals surface area contributed by atoms with Gasteiger partial charge in [0.25, 0.3) is 0 Å². The normalized spacial score (nSPS) is 15.4. The fourth-order valence-corrected chi connectivity index (χ4v) is 1.52. The van der Waals surface area contributed by atoms with E-state index in [1.54, 1.807) is 0 Å². The van der Waals surface area contributed by atoms with Crippen molar-refractivity contribution in [2.45, 2.75) is 6.92 Å². The molecular weight excluding hydrogens is 222 g/mol. The first-order chi connectivity index (χ1) is 8.06. The Kier molecular flexibility index (Phi) is 2.37. The molecule has 1 aromatic carbocycles. The van der Waals surface area contributed by atoms with Crippen LogP contribution in [0.4, 0.5) is 0 Å². The van der Waals surface area contributed by atoms with E-state index in [0.29, 0.717) is 11.1 Å². The molecule has 0 saturated heterocycles. The smallest absolute Gasteiger partial charge is 0.348 e. The first-order valence-electron chi connectivity index (χ1n) is 4.76. The second kappa shape index (κ2) is 3.72. The van der Waals surface area contributed by atoms with Crippen LogP contribution in [0.25, 0.3) is 0 Å². The Hall–Kier alpha value is -2.68. The molecule has 0 aromatic heterocycles. The largest absolute Gasteiger partial charge is 0.561 e. The molecule has 0 N–H and O–H groups in total. The average molecular weight is 229 g/mol. The summed E-state index contributed by atoms with van der Waals surface area (Å²) < 4.78 is 0. The molecule has 1 aromatic rings. The van der Waals surface area contributed by atoms with E-state index in [2.05, 4.69) is 0 Å². The number of Topliss-reactive ketones (excluding diaryl/α,β-unsaturated/α-hetero) is 1. The van der Waals surface area contributed by atoms with Crippen molar-refractivity contribution in [1.29, 1.82) is 5.26 Å². The van der Waals surface area contributed by atoms with E-state index < -0.39 is 5.78 Å². The van der Waals surface area contributed by atoms with Crippen LogP contribution in [-0.4, -0.2) is 26.9 Å². The van der Waals surface area contributed by atoms with Crippen molar-refractivity contribution >= 4 is 17.2 Å². The highest BCUT2D eigenvalue weighted by Crippen LogP contribution is 2.09. The van der Waals surface area contributed by atoms with Gasteiger partial charge in [0.1, 0.15) is 0 Å². The van der Waals surface area contributed by atoms with Gasteiger partial charge in [0.2, 0.25) is 0 Å². The van der Waals surface area contributed by atoms with Gasteiger partial charge in [0, 0.05) is 6.92 Å². The molecule has 6 heteroatoms. The molecular formula is C11H7N3O3. The minimum atomic E-state index is -0.597. The third-order valence-corrected chi connectivity index (χ3v) is 2.47. The van der Waals surface area contributed by atoms with Crippen LogP contribution in [-0.2, 0) is 4.79 Å². The Bertz CT molecular complexity index is 606. The summed E-state index contributed by atoms with van der Waals surface area (Å²) in [5.41, 5.74) is 0.347. The highest BCUT2D eigenvalue weighted by atomic mass is 16.7. The van der Waals surface area contributed by atoms with Crippen LogP contribution in [0.5, 0.6) is 0 Å². The fraction of sp³-hybridized carbons (Fsp3) is 0.0909. The number of carbonyl (C=O) groups excluding carboxylic acids is 1. The van der Waals surface area contributed by atoms with E-state index >= 15 is 0 Å². The molecule has 0 amide bonds. The number of nitriles is 1. The Morgan fingerprint density at radius 1 is 1.18 bits per heavy atom. The van der Waals surface area contributed by atoms with E-state index in [1.807, 2.05) is 6.07 Å². The molecule has 1 heterocycles. The topological polar surface area (TPSA) is 93.0 Å². The lowest BCUT2D eigenvalue weighted by molar-refractivity contribution is -1.05. The number of benzene rings is 1. The summed E-state index contributed by atoms with van der Waals surface area (Å²) in [6, 6.07) is 7.80. The Morgan fingerprint density at radius 2 is 1.76 bits per heavy atom. The van der Waals surface area contributed by atoms with Crippen LogP contribution in [0.3, 0.4) is 0 Å². The number of carbonyl (C=O) groups is 1. The van der Waals surface area contributed by atoms with Crippen LogP contribution < -0.4 is 0 Å². The summed E-state index contributed by atoms with van der Waals surface area (Å²) in [6.07, 6.45) is 0. The molecule has 0 unspecified atom stereocenters. The quantitative estimate of drug-likeness (QED) is 0.512. The summed E-state index contributed by atoms with van der Waals surface area (Å²) in [5, 5.41) is 31.3. The van der Waals surface area contributed by atoms with Crippen molar-refractivity contribution in [3.63, 3.8) is 0 Å². The maximum absolute atomic E-state index is 11.7. The Balaban J connectivity index is 2.50. The van der Waals surface area contributed by atoms with Gasteiger partial charge >= 0.3 is 17.2 Å². The summed E-state index contributed by atoms with van der Waals surface area (Å²) in [6.45, 7) is 1.29. The molecule has 0 saturated carbocycles. The zero-order chi connectivity index (χ0) is 12.6. The number of hydrazine groups is 1. The van der Waals surface area contributed by atoms with Gasteiger partial charge in [-0.3, -0.25) is 4.79 Å². The molecule has 0 fully saturated rings. The average Bonchev–Trinajstić information content (AvgIpc) is 2.54. The standard InChI is InChI=1S/C11H7N3O3/c1-7-11(15)10(14(17)13(7)16)9-4-2-8(6-12)3-5-9/h2-5H,1H3. The molecule has 1 aliphatic rings. The second-order valence-corrected chi connectivity index (χ2v) is 3.50. The summed E-state index contributed by atoms with van der Waals surface area (Å²) in [5.74, 6) is -0.597. The monoisotopic (exact) mass is 229 g/mol. The fourth-order valence-electron chi connectivity index (χ4n) is 1.52.